The van der Waals surface area contributed by atoms with Crippen LogP contribution in [0.2, 0.25) is 0 Å². The van der Waals surface area contributed by atoms with E-state index in [1.807, 2.05) is 0 Å². The van der Waals surface area contributed by atoms with Crippen LogP contribution in [0.1, 0.15) is 265 Å². The number of hydrogen-bond donors (Lipinski definition) is 0. The molecule has 0 spiro atoms. The van der Waals surface area contributed by atoms with Crippen LogP contribution >= 0.6 is 0 Å². The zero-order chi connectivity index (χ0) is 39.3. The third-order valence-corrected chi connectivity index (χ3v) is 10.8. The summed E-state index contributed by atoms with van der Waals surface area (Å²) in [6, 6.07) is 0. The van der Waals surface area contributed by atoms with Crippen LogP contribution in [0.5, 0.6) is 0 Å². The van der Waals surface area contributed by atoms with Gasteiger partial charge >= 0.3 is 11.9 Å². The average Bonchev–Trinajstić information content (AvgIpc) is 3.17. The maximum Gasteiger partial charge on any atom is 0.306 e. The second-order valence-corrected chi connectivity index (χ2v) is 16.4. The van der Waals surface area contributed by atoms with E-state index in [1.165, 1.54) is 199 Å². The molecule has 54 heavy (non-hydrogen) atoms. The number of esters is 2. The molecule has 0 aromatic carbocycles. The van der Waals surface area contributed by atoms with E-state index in [4.69, 9.17) is 14.2 Å². The zero-order valence-electron chi connectivity index (χ0n) is 36.8. The molecule has 0 heterocycles. The number of carbonyl (C=O) groups is 2. The van der Waals surface area contributed by atoms with Crippen LogP contribution in [-0.4, -0.2) is 37.9 Å². The van der Waals surface area contributed by atoms with Crippen LogP contribution in [0.3, 0.4) is 0 Å². The molecule has 0 bridgehead atoms. The Hall–Kier alpha value is -1.36. The van der Waals surface area contributed by atoms with Gasteiger partial charge in [-0.15, -0.1) is 0 Å². The van der Waals surface area contributed by atoms with Crippen LogP contribution in [0.25, 0.3) is 0 Å². The fourth-order valence-corrected chi connectivity index (χ4v) is 7.15. The summed E-state index contributed by atoms with van der Waals surface area (Å²) < 4.78 is 17.3. The van der Waals surface area contributed by atoms with Crippen molar-refractivity contribution in [3.63, 3.8) is 0 Å². The van der Waals surface area contributed by atoms with Crippen molar-refractivity contribution in [1.82, 2.24) is 0 Å². The third-order valence-electron chi connectivity index (χ3n) is 10.8. The lowest BCUT2D eigenvalue weighted by Gasteiger charge is -2.18. The minimum Gasteiger partial charge on any atom is -0.462 e. The quantitative estimate of drug-likeness (QED) is 0.0351. The predicted octanol–water partition coefficient (Wildman–Crippen LogP) is 15.9. The molecule has 0 radical (unpaired) electrons. The molecular weight excluding hydrogens is 669 g/mol. The molecule has 0 amide bonds. The van der Waals surface area contributed by atoms with Gasteiger partial charge in [0.1, 0.15) is 6.61 Å². The van der Waals surface area contributed by atoms with Crippen molar-refractivity contribution >= 4 is 11.9 Å². The Balaban J connectivity index is 4.07. The first kappa shape index (κ1) is 52.6. The van der Waals surface area contributed by atoms with Crippen molar-refractivity contribution in [3.05, 3.63) is 12.2 Å². The van der Waals surface area contributed by atoms with Crippen LogP contribution < -0.4 is 0 Å². The van der Waals surface area contributed by atoms with E-state index in [1.54, 1.807) is 0 Å². The van der Waals surface area contributed by atoms with E-state index in [9.17, 15) is 9.59 Å². The Labute approximate surface area is 337 Å². The second kappa shape index (κ2) is 46.0. The van der Waals surface area contributed by atoms with Crippen LogP contribution in [0.15, 0.2) is 12.2 Å². The fourth-order valence-electron chi connectivity index (χ4n) is 7.15. The molecule has 5 heteroatoms. The van der Waals surface area contributed by atoms with E-state index in [0.717, 1.165) is 32.1 Å². The van der Waals surface area contributed by atoms with Crippen molar-refractivity contribution in [2.75, 3.05) is 19.8 Å². The second-order valence-electron chi connectivity index (χ2n) is 16.4. The lowest BCUT2D eigenvalue weighted by molar-refractivity contribution is -0.163. The molecule has 1 unspecified atom stereocenters. The van der Waals surface area contributed by atoms with Gasteiger partial charge in [0.05, 0.1) is 6.61 Å². The van der Waals surface area contributed by atoms with Gasteiger partial charge in [0.2, 0.25) is 0 Å². The minimum absolute atomic E-state index is 0.0930. The SMILES string of the molecule is CCCCCCCC/C=C\CCCCCCCCCCCCOCC(COC(=O)CCCCCCCCCCC)OC(=O)CCCCCCCCCCC. The van der Waals surface area contributed by atoms with Gasteiger partial charge in [-0.05, 0) is 44.9 Å². The van der Waals surface area contributed by atoms with Crippen LogP contribution in [0, 0.1) is 0 Å². The molecule has 320 valence electrons. The summed E-state index contributed by atoms with van der Waals surface area (Å²) in [7, 11) is 0. The lowest BCUT2D eigenvalue weighted by Crippen LogP contribution is -2.30. The smallest absolute Gasteiger partial charge is 0.306 e. The summed E-state index contributed by atoms with van der Waals surface area (Å²) in [5, 5.41) is 0. The molecule has 5 nitrogen and oxygen atoms in total. The standard InChI is InChI=1S/C49H94O5/c1-4-7-10-13-16-19-20-21-22-23-24-25-26-27-28-29-32-35-38-41-44-52-45-47(54-49(51)43-40-37-34-31-18-15-12-9-6-3)46-53-48(50)42-39-36-33-30-17-14-11-8-5-2/h21-22,47H,4-20,23-46H2,1-3H3/b22-21-. The topological polar surface area (TPSA) is 61.8 Å². The first-order valence-corrected chi connectivity index (χ1v) is 24.2. The summed E-state index contributed by atoms with van der Waals surface area (Å²) in [5.41, 5.74) is 0. The van der Waals surface area contributed by atoms with E-state index < -0.39 is 6.10 Å². The van der Waals surface area contributed by atoms with Crippen molar-refractivity contribution in [2.24, 2.45) is 0 Å². The van der Waals surface area contributed by atoms with Crippen molar-refractivity contribution < 1.29 is 23.8 Å². The summed E-state index contributed by atoms with van der Waals surface area (Å²) in [4.78, 5) is 25.1. The maximum absolute atomic E-state index is 12.7. The average molecular weight is 763 g/mol. The fraction of sp³-hybridized carbons (Fsp3) is 0.918. The van der Waals surface area contributed by atoms with Gasteiger partial charge in [-0.1, -0.05) is 219 Å². The molecule has 0 rings (SSSR count). The highest BCUT2D eigenvalue weighted by Crippen LogP contribution is 2.15. The molecule has 1 atom stereocenters. The van der Waals surface area contributed by atoms with Crippen LogP contribution in [0.4, 0.5) is 0 Å². The summed E-state index contributed by atoms with van der Waals surface area (Å²) in [5.74, 6) is -0.388. The molecule has 0 aliphatic heterocycles. The highest BCUT2D eigenvalue weighted by atomic mass is 16.6. The Morgan fingerprint density at radius 1 is 0.389 bits per heavy atom. The van der Waals surface area contributed by atoms with Gasteiger partial charge in [-0.2, -0.15) is 0 Å². The molecule has 0 aliphatic carbocycles. The molecule has 0 saturated heterocycles. The van der Waals surface area contributed by atoms with Crippen molar-refractivity contribution in [3.8, 4) is 0 Å². The van der Waals surface area contributed by atoms with Gasteiger partial charge in [0, 0.05) is 19.4 Å². The number of ether oxygens (including phenoxy) is 3. The first-order chi connectivity index (χ1) is 26.6. The molecule has 0 fully saturated rings. The van der Waals surface area contributed by atoms with E-state index in [2.05, 4.69) is 32.9 Å². The Morgan fingerprint density at radius 3 is 1.13 bits per heavy atom. The molecule has 0 aromatic rings. The van der Waals surface area contributed by atoms with Crippen molar-refractivity contribution in [2.45, 2.75) is 271 Å². The summed E-state index contributed by atoms with van der Waals surface area (Å²) in [6.45, 7) is 7.83. The first-order valence-electron chi connectivity index (χ1n) is 24.2. The van der Waals surface area contributed by atoms with Crippen LogP contribution in [-0.2, 0) is 23.8 Å². The number of rotatable bonds is 45. The lowest BCUT2D eigenvalue weighted by atomic mass is 10.1. The highest BCUT2D eigenvalue weighted by Gasteiger charge is 2.17. The van der Waals surface area contributed by atoms with Gasteiger partial charge in [0.15, 0.2) is 6.10 Å². The van der Waals surface area contributed by atoms with E-state index >= 15 is 0 Å². The number of carbonyl (C=O) groups excluding carboxylic acids is 2. The molecule has 0 N–H and O–H groups in total. The predicted molar refractivity (Wildman–Crippen MR) is 233 cm³/mol. The molecule has 0 aromatic heterocycles. The number of unbranched alkanes of at least 4 members (excludes halogenated alkanes) is 32. The Bertz CT molecular complexity index is 780. The largest absolute Gasteiger partial charge is 0.462 e. The van der Waals surface area contributed by atoms with Gasteiger partial charge in [-0.3, -0.25) is 9.59 Å². The zero-order valence-corrected chi connectivity index (χ0v) is 36.8. The monoisotopic (exact) mass is 763 g/mol. The maximum atomic E-state index is 12.7. The van der Waals surface area contributed by atoms with Crippen molar-refractivity contribution in [1.29, 1.82) is 0 Å². The third kappa shape index (κ3) is 43.4. The highest BCUT2D eigenvalue weighted by molar-refractivity contribution is 5.70. The van der Waals surface area contributed by atoms with Gasteiger partial charge in [0.25, 0.3) is 0 Å². The van der Waals surface area contributed by atoms with E-state index in [0.29, 0.717) is 26.1 Å². The molecule has 0 saturated carbocycles. The molecule has 0 aliphatic rings. The minimum atomic E-state index is -0.524. The van der Waals surface area contributed by atoms with Gasteiger partial charge in [-0.25, -0.2) is 0 Å². The summed E-state index contributed by atoms with van der Waals surface area (Å²) >= 11 is 0. The number of hydrogen-bond acceptors (Lipinski definition) is 5. The Morgan fingerprint density at radius 2 is 0.722 bits per heavy atom. The molecular formula is C49H94O5. The summed E-state index contributed by atoms with van der Waals surface area (Å²) in [6.07, 6.45) is 50.8. The normalized spacial score (nSPS) is 12.1. The van der Waals surface area contributed by atoms with E-state index in [-0.39, 0.29) is 18.5 Å². The van der Waals surface area contributed by atoms with Gasteiger partial charge < -0.3 is 14.2 Å². The Kier molecular flexibility index (Phi) is 44.9. The number of allylic oxidation sites excluding steroid dienone is 2.